The summed E-state index contributed by atoms with van der Waals surface area (Å²) in [5, 5.41) is 11.8. The van der Waals surface area contributed by atoms with Crippen molar-refractivity contribution in [1.82, 2.24) is 4.98 Å². The molecule has 2 N–H and O–H groups in total. The van der Waals surface area contributed by atoms with E-state index < -0.39 is 17.8 Å². The molecule has 1 amide bonds. The largest absolute Gasteiger partial charge is 0.475 e. The topological polar surface area (TPSA) is 102 Å². The molecule has 0 fully saturated rings. The van der Waals surface area contributed by atoms with Crippen LogP contribution in [0, 0.1) is 6.92 Å². The van der Waals surface area contributed by atoms with Crippen LogP contribution in [0.4, 0.5) is 10.5 Å². The van der Waals surface area contributed by atoms with Crippen LogP contribution in [0.2, 0.25) is 0 Å². The molecule has 2 aromatic heterocycles. The maximum absolute atomic E-state index is 11.5. The van der Waals surface area contributed by atoms with Crippen molar-refractivity contribution < 1.29 is 23.8 Å². The minimum absolute atomic E-state index is 0.0153. The van der Waals surface area contributed by atoms with E-state index in [1.165, 1.54) is 6.08 Å². The summed E-state index contributed by atoms with van der Waals surface area (Å²) in [5.74, 6) is -1.70. The van der Waals surface area contributed by atoms with E-state index >= 15 is 0 Å². The Kier molecular flexibility index (Phi) is 3.69. The van der Waals surface area contributed by atoms with Gasteiger partial charge in [-0.25, -0.2) is 14.6 Å². The predicted molar refractivity (Wildman–Crippen MR) is 70.9 cm³/mol. The Morgan fingerprint density at radius 2 is 2.30 bits per heavy atom. The number of aromatic carboxylic acids is 1. The van der Waals surface area contributed by atoms with E-state index in [9.17, 15) is 9.59 Å². The van der Waals surface area contributed by atoms with Gasteiger partial charge < -0.3 is 14.3 Å². The van der Waals surface area contributed by atoms with Crippen LogP contribution in [0.15, 0.2) is 29.2 Å². The molecule has 7 heteroatoms. The van der Waals surface area contributed by atoms with E-state index in [2.05, 4.69) is 16.9 Å². The summed E-state index contributed by atoms with van der Waals surface area (Å²) in [6.07, 6.45) is 0.603. The Morgan fingerprint density at radius 1 is 1.55 bits per heavy atom. The number of aryl methyl sites for hydroxylation is 1. The molecule has 0 unspecified atom stereocenters. The van der Waals surface area contributed by atoms with Crippen molar-refractivity contribution in [3.63, 3.8) is 0 Å². The number of rotatable bonds is 4. The molecule has 0 saturated carbocycles. The van der Waals surface area contributed by atoms with Crippen LogP contribution in [0.3, 0.4) is 0 Å². The third-order valence-corrected chi connectivity index (χ3v) is 2.45. The molecule has 0 aromatic carbocycles. The van der Waals surface area contributed by atoms with Crippen LogP contribution < -0.4 is 5.32 Å². The monoisotopic (exact) mass is 276 g/mol. The number of carbonyl (C=O) groups is 2. The average Bonchev–Trinajstić information content (AvgIpc) is 2.74. The minimum atomic E-state index is -1.31. The number of carbonyl (C=O) groups excluding carboxylic acids is 1. The minimum Gasteiger partial charge on any atom is -0.475 e. The highest BCUT2D eigenvalue weighted by Gasteiger charge is 2.22. The van der Waals surface area contributed by atoms with E-state index in [0.717, 1.165) is 0 Å². The first-order valence-electron chi connectivity index (χ1n) is 5.71. The van der Waals surface area contributed by atoms with E-state index in [1.54, 1.807) is 19.1 Å². The van der Waals surface area contributed by atoms with Crippen LogP contribution in [0.25, 0.3) is 11.1 Å². The van der Waals surface area contributed by atoms with Gasteiger partial charge >= 0.3 is 12.1 Å². The Bertz CT molecular complexity index is 689. The molecule has 0 aliphatic rings. The van der Waals surface area contributed by atoms with Gasteiger partial charge in [0.2, 0.25) is 11.5 Å². The van der Waals surface area contributed by atoms with Gasteiger partial charge in [0.25, 0.3) is 0 Å². The Balaban J connectivity index is 2.43. The summed E-state index contributed by atoms with van der Waals surface area (Å²) in [4.78, 5) is 26.7. The lowest BCUT2D eigenvalue weighted by atomic mass is 10.2. The Morgan fingerprint density at radius 3 is 2.95 bits per heavy atom. The van der Waals surface area contributed by atoms with Crippen molar-refractivity contribution in [2.75, 3.05) is 11.9 Å². The number of furan rings is 1. The van der Waals surface area contributed by atoms with Crippen LogP contribution >= 0.6 is 0 Å². The van der Waals surface area contributed by atoms with E-state index in [4.69, 9.17) is 14.3 Å². The molecule has 104 valence electrons. The molecule has 0 radical (unpaired) electrons. The van der Waals surface area contributed by atoms with E-state index in [-0.39, 0.29) is 18.0 Å². The molecule has 2 rings (SSSR count). The number of carboxylic acids is 1. The zero-order chi connectivity index (χ0) is 14.7. The fourth-order valence-electron chi connectivity index (χ4n) is 1.62. The summed E-state index contributed by atoms with van der Waals surface area (Å²) in [7, 11) is 0. The molecule has 2 heterocycles. The van der Waals surface area contributed by atoms with Gasteiger partial charge in [-0.05, 0) is 19.1 Å². The van der Waals surface area contributed by atoms with Gasteiger partial charge in [-0.2, -0.15) is 0 Å². The summed E-state index contributed by atoms with van der Waals surface area (Å²) in [6, 6.07) is 3.31. The van der Waals surface area contributed by atoms with Gasteiger partial charge in [-0.15, -0.1) is 0 Å². The van der Waals surface area contributed by atoms with Gasteiger partial charge in [-0.1, -0.05) is 12.7 Å². The van der Waals surface area contributed by atoms with Crippen molar-refractivity contribution in [1.29, 1.82) is 0 Å². The van der Waals surface area contributed by atoms with Crippen molar-refractivity contribution >= 4 is 28.8 Å². The lowest BCUT2D eigenvalue weighted by Gasteiger charge is -2.04. The highest BCUT2D eigenvalue weighted by Crippen LogP contribution is 2.30. The Hall–Kier alpha value is -2.83. The number of amides is 1. The number of anilines is 1. The maximum Gasteiger partial charge on any atom is 0.412 e. The van der Waals surface area contributed by atoms with Gasteiger partial charge in [0.1, 0.15) is 12.3 Å². The number of ether oxygens (including phenoxy) is 1. The number of hydrogen-bond donors (Lipinski definition) is 2. The fraction of sp³-hybridized carbons (Fsp3) is 0.154. The normalized spacial score (nSPS) is 10.2. The number of hydrogen-bond acceptors (Lipinski definition) is 5. The zero-order valence-electron chi connectivity index (χ0n) is 10.7. The molecule has 7 nitrogen and oxygen atoms in total. The first-order chi connectivity index (χ1) is 9.52. The summed E-state index contributed by atoms with van der Waals surface area (Å²) in [6.45, 7) is 5.17. The van der Waals surface area contributed by atoms with Crippen LogP contribution in [0.5, 0.6) is 0 Å². The van der Waals surface area contributed by atoms with Gasteiger partial charge in [0.15, 0.2) is 0 Å². The first-order valence-corrected chi connectivity index (χ1v) is 5.71. The van der Waals surface area contributed by atoms with Crippen molar-refractivity contribution in [3.05, 3.63) is 36.2 Å². The maximum atomic E-state index is 11.5. The van der Waals surface area contributed by atoms with Crippen molar-refractivity contribution in [3.8, 4) is 0 Å². The molecule has 2 aromatic rings. The van der Waals surface area contributed by atoms with Gasteiger partial charge in [-0.3, -0.25) is 5.32 Å². The molecular weight excluding hydrogens is 264 g/mol. The highest BCUT2D eigenvalue weighted by molar-refractivity contribution is 6.07. The van der Waals surface area contributed by atoms with E-state index in [0.29, 0.717) is 11.1 Å². The van der Waals surface area contributed by atoms with Gasteiger partial charge in [0, 0.05) is 5.69 Å². The molecule has 0 spiro atoms. The second kappa shape index (κ2) is 5.43. The third kappa shape index (κ3) is 2.61. The van der Waals surface area contributed by atoms with Crippen molar-refractivity contribution in [2.24, 2.45) is 0 Å². The molecule has 0 saturated heterocycles. The second-order valence-corrected chi connectivity index (χ2v) is 3.93. The van der Waals surface area contributed by atoms with Crippen LogP contribution in [-0.4, -0.2) is 28.8 Å². The second-order valence-electron chi connectivity index (χ2n) is 3.93. The number of fused-ring (bicyclic) bond motifs is 1. The molecule has 20 heavy (non-hydrogen) atoms. The molecular formula is C13H12N2O5. The number of nitrogens with zero attached hydrogens (tertiary/aromatic N) is 1. The van der Waals surface area contributed by atoms with E-state index in [1.807, 2.05) is 0 Å². The SMILES string of the molecule is C=CCOC(=O)Nc1c(C(=O)O)oc2nc(C)ccc12. The lowest BCUT2D eigenvalue weighted by molar-refractivity contribution is 0.0666. The standard InChI is InChI=1S/C13H12N2O5/c1-3-6-19-13(18)15-9-8-5-4-7(2)14-11(8)20-10(9)12(16)17/h3-5H,1,6H2,2H3,(H,15,18)(H,16,17). The molecule has 0 atom stereocenters. The fourth-order valence-corrected chi connectivity index (χ4v) is 1.62. The predicted octanol–water partition coefficient (Wildman–Crippen LogP) is 2.57. The lowest BCUT2D eigenvalue weighted by Crippen LogP contribution is -2.15. The summed E-state index contributed by atoms with van der Waals surface area (Å²) in [5.41, 5.74) is 0.833. The average molecular weight is 276 g/mol. The summed E-state index contributed by atoms with van der Waals surface area (Å²) < 4.78 is 9.89. The van der Waals surface area contributed by atoms with Crippen molar-refractivity contribution in [2.45, 2.75) is 6.92 Å². The third-order valence-electron chi connectivity index (χ3n) is 2.45. The molecule has 0 aliphatic carbocycles. The first kappa shape index (κ1) is 13.6. The zero-order valence-corrected chi connectivity index (χ0v) is 10.7. The Labute approximate surface area is 113 Å². The van der Waals surface area contributed by atoms with Crippen LogP contribution in [-0.2, 0) is 4.74 Å². The number of pyridine rings is 1. The summed E-state index contributed by atoms with van der Waals surface area (Å²) >= 11 is 0. The smallest absolute Gasteiger partial charge is 0.412 e. The molecule has 0 bridgehead atoms. The van der Waals surface area contributed by atoms with Crippen LogP contribution in [0.1, 0.15) is 16.2 Å². The highest BCUT2D eigenvalue weighted by atomic mass is 16.5. The number of nitrogens with one attached hydrogen (secondary N) is 1. The number of aromatic nitrogens is 1. The molecule has 0 aliphatic heterocycles. The quantitative estimate of drug-likeness (QED) is 0.832. The van der Waals surface area contributed by atoms with Gasteiger partial charge in [0.05, 0.1) is 5.39 Å². The number of carboxylic acid groups (broad SMARTS) is 1.